The summed E-state index contributed by atoms with van der Waals surface area (Å²) in [5, 5.41) is 14.1. The van der Waals surface area contributed by atoms with Crippen molar-refractivity contribution >= 4 is 18.0 Å². The average molecular weight is 437 g/mol. The Kier molecular flexibility index (Phi) is 9.23. The number of rotatable bonds is 9. The van der Waals surface area contributed by atoms with Crippen LogP contribution in [0.25, 0.3) is 0 Å². The zero-order valence-corrected chi connectivity index (χ0v) is 18.3. The van der Waals surface area contributed by atoms with Gasteiger partial charge in [-0.1, -0.05) is 56.3 Å². The number of carbonyl (C=O) groups is 3. The van der Waals surface area contributed by atoms with Crippen LogP contribution in [0.1, 0.15) is 30.5 Å². The van der Waals surface area contributed by atoms with Crippen LogP contribution in [0, 0.1) is 17.2 Å². The van der Waals surface area contributed by atoms with E-state index in [0.29, 0.717) is 5.56 Å². The van der Waals surface area contributed by atoms with Gasteiger partial charge in [-0.25, -0.2) is 9.59 Å². The Balaban J connectivity index is 2.02. The molecule has 2 aromatic carbocycles. The highest BCUT2D eigenvalue weighted by Gasteiger charge is 2.29. The number of methoxy groups -OCH3 is 1. The van der Waals surface area contributed by atoms with E-state index in [-0.39, 0.29) is 18.9 Å². The number of hydrogen-bond donors (Lipinski definition) is 2. The third kappa shape index (κ3) is 7.43. The highest BCUT2D eigenvalue weighted by molar-refractivity contribution is 5.90. The zero-order valence-electron chi connectivity index (χ0n) is 18.3. The summed E-state index contributed by atoms with van der Waals surface area (Å²) in [6.07, 6.45) is -0.558. The Morgan fingerprint density at radius 1 is 0.969 bits per heavy atom. The monoisotopic (exact) mass is 437 g/mol. The number of nitrogens with zero attached hydrogens (tertiary/aromatic N) is 1. The van der Waals surface area contributed by atoms with E-state index >= 15 is 0 Å². The van der Waals surface area contributed by atoms with Gasteiger partial charge in [0.05, 0.1) is 18.7 Å². The maximum absolute atomic E-state index is 12.9. The summed E-state index contributed by atoms with van der Waals surface area (Å²) in [6.45, 7) is 3.62. The highest BCUT2D eigenvalue weighted by Crippen LogP contribution is 2.10. The lowest BCUT2D eigenvalue weighted by molar-refractivity contribution is -0.145. The minimum absolute atomic E-state index is 0.0720. The lowest BCUT2D eigenvalue weighted by Gasteiger charge is -2.24. The molecule has 8 heteroatoms. The van der Waals surface area contributed by atoms with Crippen LogP contribution in [-0.4, -0.2) is 37.2 Å². The number of hydrogen-bond acceptors (Lipinski definition) is 6. The van der Waals surface area contributed by atoms with E-state index in [1.54, 1.807) is 38.1 Å². The molecular weight excluding hydrogens is 410 g/mol. The zero-order chi connectivity index (χ0) is 23.5. The van der Waals surface area contributed by atoms with Gasteiger partial charge >= 0.3 is 12.1 Å². The molecule has 32 heavy (non-hydrogen) atoms. The predicted octanol–water partition coefficient (Wildman–Crippen LogP) is 2.71. The van der Waals surface area contributed by atoms with Gasteiger partial charge in [0.15, 0.2) is 0 Å². The molecule has 2 rings (SSSR count). The summed E-state index contributed by atoms with van der Waals surface area (Å²) >= 11 is 0. The Hall–Kier alpha value is -3.86. The average Bonchev–Trinajstić information content (AvgIpc) is 2.81. The molecule has 0 fully saturated rings. The molecule has 0 saturated carbocycles. The van der Waals surface area contributed by atoms with Crippen molar-refractivity contribution in [1.82, 2.24) is 10.6 Å². The Morgan fingerprint density at radius 2 is 1.62 bits per heavy atom. The van der Waals surface area contributed by atoms with Crippen LogP contribution in [0.5, 0.6) is 0 Å². The van der Waals surface area contributed by atoms with Crippen LogP contribution >= 0.6 is 0 Å². The molecule has 2 amide bonds. The van der Waals surface area contributed by atoms with E-state index in [9.17, 15) is 14.4 Å². The molecule has 0 heterocycles. The fourth-order valence-electron chi connectivity index (χ4n) is 2.97. The molecule has 0 aliphatic carbocycles. The lowest BCUT2D eigenvalue weighted by Crippen LogP contribution is -2.54. The van der Waals surface area contributed by atoms with Gasteiger partial charge in [0, 0.05) is 6.42 Å². The molecule has 0 unspecified atom stereocenters. The lowest BCUT2D eigenvalue weighted by atomic mass is 10.0. The van der Waals surface area contributed by atoms with Gasteiger partial charge in [0.25, 0.3) is 0 Å². The van der Waals surface area contributed by atoms with E-state index in [4.69, 9.17) is 14.7 Å². The summed E-state index contributed by atoms with van der Waals surface area (Å²) in [5.41, 5.74) is 2.06. The normalized spacial score (nSPS) is 12.2. The third-order valence-corrected chi connectivity index (χ3v) is 4.76. The van der Waals surface area contributed by atoms with Crippen molar-refractivity contribution in [2.75, 3.05) is 7.11 Å². The molecule has 8 nitrogen and oxygen atoms in total. The van der Waals surface area contributed by atoms with Crippen molar-refractivity contribution in [2.45, 2.75) is 39.0 Å². The van der Waals surface area contributed by atoms with Crippen LogP contribution in [0.4, 0.5) is 4.79 Å². The van der Waals surface area contributed by atoms with E-state index < -0.39 is 30.1 Å². The molecule has 0 aliphatic heterocycles. The predicted molar refractivity (Wildman–Crippen MR) is 117 cm³/mol. The van der Waals surface area contributed by atoms with Crippen molar-refractivity contribution in [2.24, 2.45) is 5.92 Å². The quantitative estimate of drug-likeness (QED) is 0.583. The minimum Gasteiger partial charge on any atom is -0.467 e. The van der Waals surface area contributed by atoms with Crippen molar-refractivity contribution < 1.29 is 23.9 Å². The number of carbonyl (C=O) groups excluding carboxylic acids is 3. The van der Waals surface area contributed by atoms with Crippen LogP contribution < -0.4 is 10.6 Å². The summed E-state index contributed by atoms with van der Waals surface area (Å²) < 4.78 is 10.0. The second-order valence-electron chi connectivity index (χ2n) is 7.52. The van der Waals surface area contributed by atoms with Crippen molar-refractivity contribution in [1.29, 1.82) is 5.26 Å². The highest BCUT2D eigenvalue weighted by atomic mass is 16.5. The third-order valence-electron chi connectivity index (χ3n) is 4.76. The van der Waals surface area contributed by atoms with E-state index in [0.717, 1.165) is 11.1 Å². The minimum atomic E-state index is -0.955. The molecule has 0 aliphatic rings. The van der Waals surface area contributed by atoms with Gasteiger partial charge in [-0.05, 0) is 29.2 Å². The number of nitriles is 1. The summed E-state index contributed by atoms with van der Waals surface area (Å²) in [6, 6.07) is 16.0. The van der Waals surface area contributed by atoms with Gasteiger partial charge < -0.3 is 20.1 Å². The topological polar surface area (TPSA) is 118 Å². The molecule has 2 N–H and O–H groups in total. The standard InChI is InChI=1S/C24H27N3O5/c1-16(2)21(27-24(30)32-15-19-7-5-4-6-8-19)22(28)26-20(23(29)31-3)13-17-9-11-18(14-25)12-10-17/h4-12,16,20-21H,13,15H2,1-3H3,(H,26,28)(H,27,30)/t20-,21-/m0/s1. The Morgan fingerprint density at radius 3 is 2.19 bits per heavy atom. The van der Waals surface area contributed by atoms with Gasteiger partial charge in [-0.15, -0.1) is 0 Å². The van der Waals surface area contributed by atoms with Crippen LogP contribution in [0.15, 0.2) is 54.6 Å². The van der Waals surface area contributed by atoms with Crippen LogP contribution in [-0.2, 0) is 32.1 Å². The molecule has 168 valence electrons. The summed E-state index contributed by atoms with van der Waals surface area (Å²) in [4.78, 5) is 37.4. The molecule has 0 saturated heterocycles. The number of benzene rings is 2. The molecule has 2 atom stereocenters. The first-order chi connectivity index (χ1) is 15.3. The van der Waals surface area contributed by atoms with Gasteiger partial charge in [-0.2, -0.15) is 5.26 Å². The first-order valence-corrected chi connectivity index (χ1v) is 10.2. The molecule has 2 aromatic rings. The molecule has 0 radical (unpaired) electrons. The Bertz CT molecular complexity index is 952. The number of alkyl carbamates (subject to hydrolysis) is 1. The van der Waals surface area contributed by atoms with Crippen molar-refractivity contribution in [3.63, 3.8) is 0 Å². The second-order valence-corrected chi connectivity index (χ2v) is 7.52. The smallest absolute Gasteiger partial charge is 0.408 e. The molecule has 0 bridgehead atoms. The molecular formula is C24H27N3O5. The van der Waals surface area contributed by atoms with Crippen LogP contribution in [0.2, 0.25) is 0 Å². The maximum atomic E-state index is 12.9. The van der Waals surface area contributed by atoms with E-state index in [2.05, 4.69) is 10.6 Å². The first kappa shape index (κ1) is 24.4. The number of ether oxygens (including phenoxy) is 2. The van der Waals surface area contributed by atoms with E-state index in [1.807, 2.05) is 36.4 Å². The van der Waals surface area contributed by atoms with Gasteiger partial charge in [0.1, 0.15) is 18.7 Å². The van der Waals surface area contributed by atoms with Crippen molar-refractivity contribution in [3.8, 4) is 6.07 Å². The van der Waals surface area contributed by atoms with Gasteiger partial charge in [0.2, 0.25) is 5.91 Å². The second kappa shape index (κ2) is 12.1. The van der Waals surface area contributed by atoms with E-state index in [1.165, 1.54) is 7.11 Å². The maximum Gasteiger partial charge on any atom is 0.408 e. The number of esters is 1. The molecule has 0 aromatic heterocycles. The van der Waals surface area contributed by atoms with Gasteiger partial charge in [-0.3, -0.25) is 4.79 Å². The number of amides is 2. The van der Waals surface area contributed by atoms with Crippen LogP contribution in [0.3, 0.4) is 0 Å². The summed E-state index contributed by atoms with van der Waals surface area (Å²) in [5.74, 6) is -1.40. The Labute approximate surface area is 187 Å². The van der Waals surface area contributed by atoms with Crippen molar-refractivity contribution in [3.05, 3.63) is 71.3 Å². The first-order valence-electron chi connectivity index (χ1n) is 10.2. The largest absolute Gasteiger partial charge is 0.467 e. The fourth-order valence-corrected chi connectivity index (χ4v) is 2.97. The SMILES string of the molecule is COC(=O)[C@H](Cc1ccc(C#N)cc1)NC(=O)[C@@H](NC(=O)OCc1ccccc1)C(C)C. The number of nitrogens with one attached hydrogen (secondary N) is 2. The fraction of sp³-hybridized carbons (Fsp3) is 0.333. The summed E-state index contributed by atoms with van der Waals surface area (Å²) in [7, 11) is 1.24. The molecule has 0 spiro atoms.